The molecule has 0 atom stereocenters. The van der Waals surface area contributed by atoms with Gasteiger partial charge in [0, 0.05) is 7.05 Å². The summed E-state index contributed by atoms with van der Waals surface area (Å²) < 4.78 is 3.09. The summed E-state index contributed by atoms with van der Waals surface area (Å²) in [6.45, 7) is 1.60. The molecule has 9 nitrogen and oxygen atoms in total. The van der Waals surface area contributed by atoms with E-state index >= 15 is 0 Å². The summed E-state index contributed by atoms with van der Waals surface area (Å²) in [7, 11) is 1.87. The van der Waals surface area contributed by atoms with Crippen molar-refractivity contribution in [2.75, 3.05) is 0 Å². The van der Waals surface area contributed by atoms with Crippen LogP contribution in [0.4, 0.5) is 0 Å². The van der Waals surface area contributed by atoms with E-state index in [-0.39, 0.29) is 6.54 Å². The Balaban J connectivity index is 2.04. The molecule has 0 aromatic carbocycles. The molecule has 0 unspecified atom stereocenters. The molecule has 0 bridgehead atoms. The summed E-state index contributed by atoms with van der Waals surface area (Å²) in [5.74, 6) is 1.13. The first-order valence-electron chi connectivity index (χ1n) is 5.03. The van der Waals surface area contributed by atoms with E-state index < -0.39 is 5.97 Å². The minimum Gasteiger partial charge on any atom is -0.480 e. The lowest BCUT2D eigenvalue weighted by atomic mass is 10.6. The molecule has 2 heterocycles. The van der Waals surface area contributed by atoms with Crippen LogP contribution in [0.2, 0.25) is 0 Å². The first kappa shape index (κ1) is 12.5. The highest BCUT2D eigenvalue weighted by atomic mass is 32.2. The molecule has 2 aromatic rings. The lowest BCUT2D eigenvalue weighted by molar-refractivity contribution is -0.138. The number of aliphatic carboxylic acids is 1. The first-order valence-corrected chi connectivity index (χ1v) is 6.02. The van der Waals surface area contributed by atoms with Gasteiger partial charge in [0.05, 0.1) is 5.75 Å². The molecule has 96 valence electrons. The van der Waals surface area contributed by atoms with E-state index in [1.54, 1.807) is 0 Å². The molecule has 2 aromatic heterocycles. The topological polar surface area (TPSA) is 112 Å². The molecule has 0 fully saturated rings. The minimum atomic E-state index is -0.987. The highest BCUT2D eigenvalue weighted by molar-refractivity contribution is 7.98. The second kappa shape index (κ2) is 5.12. The Morgan fingerprint density at radius 3 is 2.78 bits per heavy atom. The van der Waals surface area contributed by atoms with Crippen molar-refractivity contribution in [1.29, 1.82) is 0 Å². The third kappa shape index (κ3) is 2.64. The predicted octanol–water partition coefficient (Wildman–Crippen LogP) is -0.513. The summed E-state index contributed by atoms with van der Waals surface area (Å²) in [6.07, 6.45) is 0. The highest BCUT2D eigenvalue weighted by Crippen LogP contribution is 2.18. The van der Waals surface area contributed by atoms with E-state index in [9.17, 15) is 4.79 Å². The van der Waals surface area contributed by atoms with Gasteiger partial charge in [-0.05, 0) is 17.4 Å². The Morgan fingerprint density at radius 1 is 1.39 bits per heavy atom. The standard InChI is InChI=1S/C8H11N7O2S/c1-5-9-10-6(14(5)2)4-18-8-11-12-13-15(8)3-7(16)17/h3-4H2,1-2H3,(H,16,17). The van der Waals surface area contributed by atoms with E-state index in [0.29, 0.717) is 10.9 Å². The van der Waals surface area contributed by atoms with Crippen LogP contribution in [0.15, 0.2) is 5.16 Å². The van der Waals surface area contributed by atoms with Crippen LogP contribution in [0.25, 0.3) is 0 Å². The van der Waals surface area contributed by atoms with Gasteiger partial charge in [-0.1, -0.05) is 11.8 Å². The zero-order chi connectivity index (χ0) is 13.1. The van der Waals surface area contributed by atoms with Crippen molar-refractivity contribution < 1.29 is 9.90 Å². The SMILES string of the molecule is Cc1nnc(CSc2nnnn2CC(=O)O)n1C. The van der Waals surface area contributed by atoms with E-state index in [1.165, 1.54) is 16.4 Å². The lowest BCUT2D eigenvalue weighted by Crippen LogP contribution is -2.11. The first-order chi connectivity index (χ1) is 8.58. The molecule has 10 heteroatoms. The summed E-state index contributed by atoms with van der Waals surface area (Å²) in [6, 6.07) is 0. The van der Waals surface area contributed by atoms with E-state index in [4.69, 9.17) is 5.11 Å². The molecule has 1 N–H and O–H groups in total. The second-order valence-corrected chi connectivity index (χ2v) is 4.47. The number of carboxylic acids is 1. The Morgan fingerprint density at radius 2 is 2.17 bits per heavy atom. The average molecular weight is 269 g/mol. The molecule has 2 rings (SSSR count). The van der Waals surface area contributed by atoms with Crippen LogP contribution in [-0.4, -0.2) is 46.0 Å². The fourth-order valence-electron chi connectivity index (χ4n) is 1.23. The lowest BCUT2D eigenvalue weighted by Gasteiger charge is -2.01. The zero-order valence-corrected chi connectivity index (χ0v) is 10.6. The van der Waals surface area contributed by atoms with Crippen LogP contribution in [-0.2, 0) is 24.1 Å². The second-order valence-electron chi connectivity index (χ2n) is 3.52. The van der Waals surface area contributed by atoms with Gasteiger partial charge >= 0.3 is 5.97 Å². The van der Waals surface area contributed by atoms with Gasteiger partial charge in [-0.3, -0.25) is 4.79 Å². The van der Waals surface area contributed by atoms with Gasteiger partial charge in [-0.25, -0.2) is 4.68 Å². The predicted molar refractivity (Wildman–Crippen MR) is 60.8 cm³/mol. The van der Waals surface area contributed by atoms with Crippen molar-refractivity contribution in [3.63, 3.8) is 0 Å². The largest absolute Gasteiger partial charge is 0.480 e. The average Bonchev–Trinajstić information content (AvgIpc) is 2.86. The maximum Gasteiger partial charge on any atom is 0.325 e. The van der Waals surface area contributed by atoms with Crippen molar-refractivity contribution in [1.82, 2.24) is 35.0 Å². The van der Waals surface area contributed by atoms with Crippen LogP contribution in [0, 0.1) is 6.92 Å². The quantitative estimate of drug-likeness (QED) is 0.722. The fourth-order valence-corrected chi connectivity index (χ4v) is 2.09. The molecule has 0 saturated carbocycles. The van der Waals surface area contributed by atoms with Crippen molar-refractivity contribution in [2.45, 2.75) is 24.4 Å². The Bertz CT molecular complexity index is 564. The molecule has 0 spiro atoms. The normalized spacial score (nSPS) is 10.8. The number of rotatable bonds is 5. The Hall–Kier alpha value is -1.97. The number of thioether (sulfide) groups is 1. The Labute approximate surface area is 106 Å². The number of tetrazole rings is 1. The maximum atomic E-state index is 10.6. The van der Waals surface area contributed by atoms with Gasteiger partial charge in [0.1, 0.15) is 18.2 Å². The number of hydrogen-bond acceptors (Lipinski definition) is 7. The zero-order valence-electron chi connectivity index (χ0n) is 9.81. The van der Waals surface area contributed by atoms with Crippen LogP contribution < -0.4 is 0 Å². The Kier molecular flexibility index (Phi) is 3.55. The maximum absolute atomic E-state index is 10.6. The van der Waals surface area contributed by atoms with Crippen LogP contribution >= 0.6 is 11.8 Å². The van der Waals surface area contributed by atoms with E-state index in [2.05, 4.69) is 25.7 Å². The number of nitrogens with zero attached hydrogens (tertiary/aromatic N) is 7. The molecular weight excluding hydrogens is 258 g/mol. The fraction of sp³-hybridized carbons (Fsp3) is 0.500. The number of carboxylic acid groups (broad SMARTS) is 1. The van der Waals surface area contributed by atoms with E-state index in [1.807, 2.05) is 18.5 Å². The van der Waals surface area contributed by atoms with Gasteiger partial charge in [-0.15, -0.1) is 15.3 Å². The number of carbonyl (C=O) groups is 1. The number of hydrogen-bond donors (Lipinski definition) is 1. The van der Waals surface area contributed by atoms with Gasteiger partial charge in [0.2, 0.25) is 5.16 Å². The summed E-state index contributed by atoms with van der Waals surface area (Å²) in [5, 5.41) is 27.9. The van der Waals surface area contributed by atoms with Crippen molar-refractivity contribution in [2.24, 2.45) is 7.05 Å². The minimum absolute atomic E-state index is 0.257. The molecule has 0 aliphatic carbocycles. The van der Waals surface area contributed by atoms with Crippen molar-refractivity contribution in [3.05, 3.63) is 11.6 Å². The van der Waals surface area contributed by atoms with Gasteiger partial charge in [0.15, 0.2) is 0 Å². The molecule has 0 saturated heterocycles. The monoisotopic (exact) mass is 269 g/mol. The van der Waals surface area contributed by atoms with Crippen LogP contribution in [0.5, 0.6) is 0 Å². The van der Waals surface area contributed by atoms with Gasteiger partial charge in [-0.2, -0.15) is 0 Å². The summed E-state index contributed by atoms with van der Waals surface area (Å²) >= 11 is 1.32. The van der Waals surface area contributed by atoms with Crippen LogP contribution in [0.3, 0.4) is 0 Å². The molecule has 0 radical (unpaired) electrons. The number of aromatic nitrogens is 7. The van der Waals surface area contributed by atoms with Crippen LogP contribution in [0.1, 0.15) is 11.6 Å². The van der Waals surface area contributed by atoms with Gasteiger partial charge < -0.3 is 9.67 Å². The third-order valence-corrected chi connectivity index (χ3v) is 3.25. The molecule has 18 heavy (non-hydrogen) atoms. The smallest absolute Gasteiger partial charge is 0.325 e. The number of aryl methyl sites for hydroxylation is 1. The molecule has 0 aliphatic rings. The highest BCUT2D eigenvalue weighted by Gasteiger charge is 2.12. The molecule has 0 aliphatic heterocycles. The van der Waals surface area contributed by atoms with Gasteiger partial charge in [0.25, 0.3) is 0 Å². The summed E-state index contributed by atoms with van der Waals surface area (Å²) in [4.78, 5) is 10.6. The molecular formula is C8H11N7O2S. The van der Waals surface area contributed by atoms with E-state index in [0.717, 1.165) is 11.6 Å². The third-order valence-electron chi connectivity index (χ3n) is 2.30. The summed E-state index contributed by atoms with van der Waals surface area (Å²) in [5.41, 5.74) is 0. The van der Waals surface area contributed by atoms with Crippen molar-refractivity contribution >= 4 is 17.7 Å². The molecule has 0 amide bonds. The van der Waals surface area contributed by atoms with Crippen molar-refractivity contribution in [3.8, 4) is 0 Å².